The van der Waals surface area contributed by atoms with Crippen molar-refractivity contribution in [3.8, 4) is 5.13 Å². The van der Waals surface area contributed by atoms with Gasteiger partial charge in [-0.25, -0.2) is 4.98 Å². The second-order valence-corrected chi connectivity index (χ2v) is 9.20. The molecule has 1 amide bonds. The average Bonchev–Trinajstić information content (AvgIpc) is 3.49. The van der Waals surface area contributed by atoms with Gasteiger partial charge in [0.1, 0.15) is 4.88 Å². The lowest BCUT2D eigenvalue weighted by molar-refractivity contribution is 0.0665. The molecule has 3 aromatic heterocycles. The van der Waals surface area contributed by atoms with E-state index in [0.29, 0.717) is 12.6 Å². The predicted molar refractivity (Wildman–Crippen MR) is 114 cm³/mol. The molecule has 7 heteroatoms. The lowest BCUT2D eigenvalue weighted by atomic mass is 10.1. The van der Waals surface area contributed by atoms with Gasteiger partial charge in [-0.15, -0.1) is 0 Å². The van der Waals surface area contributed by atoms with Crippen molar-refractivity contribution in [1.29, 1.82) is 0 Å². The van der Waals surface area contributed by atoms with Crippen LogP contribution < -0.4 is 0 Å². The molecule has 0 atom stereocenters. The van der Waals surface area contributed by atoms with Crippen molar-refractivity contribution in [2.24, 2.45) is 7.05 Å². The van der Waals surface area contributed by atoms with E-state index in [2.05, 4.69) is 9.88 Å². The summed E-state index contributed by atoms with van der Waals surface area (Å²) in [7, 11) is 2.03. The van der Waals surface area contributed by atoms with E-state index < -0.39 is 0 Å². The summed E-state index contributed by atoms with van der Waals surface area (Å²) < 4.78 is 4.00. The van der Waals surface area contributed by atoms with E-state index in [4.69, 9.17) is 5.10 Å². The molecule has 0 saturated heterocycles. The van der Waals surface area contributed by atoms with Gasteiger partial charge >= 0.3 is 0 Å². The minimum absolute atomic E-state index is 0.114. The molecule has 3 heterocycles. The molecule has 29 heavy (non-hydrogen) atoms. The van der Waals surface area contributed by atoms with Gasteiger partial charge in [0.05, 0.1) is 17.9 Å². The second kappa shape index (κ2) is 7.44. The Hall–Kier alpha value is -2.41. The number of hydrogen-bond acceptors (Lipinski definition) is 4. The van der Waals surface area contributed by atoms with Gasteiger partial charge < -0.3 is 9.47 Å². The molecule has 152 valence electrons. The van der Waals surface area contributed by atoms with Crippen molar-refractivity contribution in [2.75, 3.05) is 0 Å². The first-order valence-corrected chi connectivity index (χ1v) is 11.4. The maximum absolute atomic E-state index is 13.7. The van der Waals surface area contributed by atoms with Gasteiger partial charge in [-0.2, -0.15) is 5.10 Å². The molecule has 6 nitrogen and oxygen atoms in total. The van der Waals surface area contributed by atoms with Crippen molar-refractivity contribution in [1.82, 2.24) is 24.2 Å². The molecular weight excluding hydrogens is 382 g/mol. The summed E-state index contributed by atoms with van der Waals surface area (Å²) in [6.07, 6.45) is 11.9. The molecule has 1 saturated carbocycles. The van der Waals surface area contributed by atoms with Crippen molar-refractivity contribution in [3.63, 3.8) is 0 Å². The minimum atomic E-state index is 0.114. The lowest BCUT2D eigenvalue weighted by Crippen LogP contribution is -2.38. The Bertz CT molecular complexity index is 1030. The third-order valence-corrected chi connectivity index (χ3v) is 7.51. The fraction of sp³-hybridized carbons (Fsp3) is 0.500. The standard InChI is InChI=1S/C22H27N5OS/c1-15-20(29-22(23-15)26-12-5-6-13-26)21(28)27(16-8-3-4-9-16)14-18-17-10-7-11-19(17)25(2)24-18/h5-6,12-13,16H,3-4,7-11,14H2,1-2H3. The van der Waals surface area contributed by atoms with Gasteiger partial charge in [0.2, 0.25) is 0 Å². The third-order valence-electron chi connectivity index (χ3n) is 6.35. The van der Waals surface area contributed by atoms with E-state index in [-0.39, 0.29) is 5.91 Å². The van der Waals surface area contributed by atoms with E-state index in [1.807, 2.05) is 47.7 Å². The molecule has 0 unspecified atom stereocenters. The van der Waals surface area contributed by atoms with Crippen LogP contribution in [0.15, 0.2) is 24.5 Å². The number of thiazole rings is 1. The highest BCUT2D eigenvalue weighted by atomic mass is 32.1. The summed E-state index contributed by atoms with van der Waals surface area (Å²) >= 11 is 1.49. The third kappa shape index (κ3) is 3.31. The SMILES string of the molecule is Cc1nc(-n2cccc2)sc1C(=O)N(Cc1nn(C)c2c1CCC2)C1CCCC1. The Morgan fingerprint density at radius 2 is 1.97 bits per heavy atom. The van der Waals surface area contributed by atoms with Crippen LogP contribution in [0.3, 0.4) is 0 Å². The van der Waals surface area contributed by atoms with Gasteiger partial charge in [0.25, 0.3) is 5.91 Å². The highest BCUT2D eigenvalue weighted by Crippen LogP contribution is 2.32. The maximum Gasteiger partial charge on any atom is 0.266 e. The molecule has 2 aliphatic rings. The zero-order valence-corrected chi connectivity index (χ0v) is 17.9. The van der Waals surface area contributed by atoms with Crippen LogP contribution in [0.4, 0.5) is 0 Å². The van der Waals surface area contributed by atoms with Gasteiger partial charge in [-0.3, -0.25) is 9.48 Å². The van der Waals surface area contributed by atoms with E-state index in [1.165, 1.54) is 41.9 Å². The summed E-state index contributed by atoms with van der Waals surface area (Å²) in [4.78, 5) is 21.2. The molecule has 3 aromatic rings. The number of carbonyl (C=O) groups is 1. The van der Waals surface area contributed by atoms with Gasteiger partial charge in [0.15, 0.2) is 5.13 Å². The number of fused-ring (bicyclic) bond motifs is 1. The summed E-state index contributed by atoms with van der Waals surface area (Å²) in [6, 6.07) is 4.26. The number of nitrogens with zero attached hydrogens (tertiary/aromatic N) is 5. The molecule has 5 rings (SSSR count). The summed E-state index contributed by atoms with van der Waals surface area (Å²) in [6.45, 7) is 2.56. The quantitative estimate of drug-likeness (QED) is 0.639. The van der Waals surface area contributed by atoms with Crippen LogP contribution in [-0.2, 0) is 26.4 Å². The Labute approximate surface area is 175 Å². The number of amides is 1. The lowest BCUT2D eigenvalue weighted by Gasteiger charge is -2.28. The fourth-order valence-electron chi connectivity index (χ4n) is 4.85. The zero-order valence-electron chi connectivity index (χ0n) is 17.1. The van der Waals surface area contributed by atoms with E-state index in [9.17, 15) is 4.79 Å². The van der Waals surface area contributed by atoms with E-state index in [1.54, 1.807) is 0 Å². The summed E-state index contributed by atoms with van der Waals surface area (Å²) in [5, 5.41) is 5.64. The smallest absolute Gasteiger partial charge is 0.266 e. The number of carbonyl (C=O) groups excluding carboxylic acids is 1. The van der Waals surface area contributed by atoms with Crippen molar-refractivity contribution < 1.29 is 4.79 Å². The molecule has 0 spiro atoms. The molecule has 2 aliphatic carbocycles. The molecule has 0 aromatic carbocycles. The highest BCUT2D eigenvalue weighted by molar-refractivity contribution is 7.16. The van der Waals surface area contributed by atoms with Crippen LogP contribution in [0.2, 0.25) is 0 Å². The number of rotatable bonds is 5. The molecule has 0 N–H and O–H groups in total. The van der Waals surface area contributed by atoms with Gasteiger partial charge in [-0.1, -0.05) is 24.2 Å². The topological polar surface area (TPSA) is 56.0 Å². The van der Waals surface area contributed by atoms with Crippen molar-refractivity contribution in [2.45, 2.75) is 64.5 Å². The highest BCUT2D eigenvalue weighted by Gasteiger charge is 2.32. The van der Waals surface area contributed by atoms with Gasteiger partial charge in [0, 0.05) is 31.2 Å². The fourth-order valence-corrected chi connectivity index (χ4v) is 5.84. The molecule has 0 aliphatic heterocycles. The number of aryl methyl sites for hydroxylation is 2. The Morgan fingerprint density at radius 3 is 2.72 bits per heavy atom. The normalized spacial score (nSPS) is 16.5. The van der Waals surface area contributed by atoms with Crippen molar-refractivity contribution in [3.05, 3.63) is 52.0 Å². The first-order chi connectivity index (χ1) is 14.1. The predicted octanol–water partition coefficient (Wildman–Crippen LogP) is 4.05. The first kappa shape index (κ1) is 18.6. The Morgan fingerprint density at radius 1 is 1.21 bits per heavy atom. The number of aromatic nitrogens is 4. The van der Waals surface area contributed by atoms with Crippen molar-refractivity contribution >= 4 is 17.2 Å². The van der Waals surface area contributed by atoms with E-state index in [0.717, 1.165) is 47.1 Å². The molecular formula is C22H27N5OS. The molecule has 0 bridgehead atoms. The Kier molecular flexibility index (Phi) is 4.78. The largest absolute Gasteiger partial charge is 0.329 e. The first-order valence-electron chi connectivity index (χ1n) is 10.6. The van der Waals surface area contributed by atoms with Crippen LogP contribution in [-0.4, -0.2) is 36.2 Å². The second-order valence-electron chi connectivity index (χ2n) is 8.22. The molecule has 0 radical (unpaired) electrons. The van der Waals surface area contributed by atoms with Crippen LogP contribution in [0, 0.1) is 6.92 Å². The average molecular weight is 410 g/mol. The Balaban J connectivity index is 1.47. The minimum Gasteiger partial charge on any atom is -0.329 e. The van der Waals surface area contributed by atoms with E-state index >= 15 is 0 Å². The van der Waals surface area contributed by atoms with Crippen LogP contribution in [0.1, 0.15) is 64.4 Å². The molecule has 1 fully saturated rings. The zero-order chi connectivity index (χ0) is 20.0. The summed E-state index contributed by atoms with van der Waals surface area (Å²) in [5.74, 6) is 0.114. The summed E-state index contributed by atoms with van der Waals surface area (Å²) in [5.41, 5.74) is 4.63. The number of hydrogen-bond donors (Lipinski definition) is 0. The van der Waals surface area contributed by atoms with Gasteiger partial charge in [-0.05, 0) is 56.7 Å². The van der Waals surface area contributed by atoms with Crippen LogP contribution >= 0.6 is 11.3 Å². The van der Waals surface area contributed by atoms with Crippen LogP contribution in [0.5, 0.6) is 0 Å². The maximum atomic E-state index is 13.7. The van der Waals surface area contributed by atoms with Crippen LogP contribution in [0.25, 0.3) is 5.13 Å². The monoisotopic (exact) mass is 409 g/mol.